The van der Waals surface area contributed by atoms with Crippen LogP contribution >= 0.6 is 15.9 Å². The number of ether oxygens (including phenoxy) is 1. The lowest BCUT2D eigenvalue weighted by Crippen LogP contribution is -2.31. The number of benzene rings is 3. The highest BCUT2D eigenvalue weighted by Crippen LogP contribution is 2.43. The van der Waals surface area contributed by atoms with Gasteiger partial charge in [0, 0.05) is 15.5 Å². The predicted molar refractivity (Wildman–Crippen MR) is 137 cm³/mol. The molecule has 0 radical (unpaired) electrons. The van der Waals surface area contributed by atoms with E-state index in [1.807, 2.05) is 44.2 Å². The highest BCUT2D eigenvalue weighted by molar-refractivity contribution is 9.10. The predicted octanol–water partition coefficient (Wildman–Crippen LogP) is 6.60. The zero-order valence-corrected chi connectivity index (χ0v) is 20.9. The molecule has 7 heteroatoms. The second kappa shape index (κ2) is 8.74. The average molecular weight is 532 g/mol. The van der Waals surface area contributed by atoms with Crippen molar-refractivity contribution in [1.29, 1.82) is 0 Å². The van der Waals surface area contributed by atoms with E-state index in [2.05, 4.69) is 15.9 Å². The highest BCUT2D eigenvalue weighted by Gasteiger charge is 2.45. The first-order valence-electron chi connectivity index (χ1n) is 11.0. The first-order valence-corrected chi connectivity index (χ1v) is 11.8. The third-order valence-corrected chi connectivity index (χ3v) is 6.83. The Morgan fingerprint density at radius 1 is 1.03 bits per heavy atom. The molecule has 1 aliphatic rings. The number of ketones is 1. The molecule has 1 aromatic heterocycles. The summed E-state index contributed by atoms with van der Waals surface area (Å²) in [4.78, 5) is 28.6. The van der Waals surface area contributed by atoms with Crippen molar-refractivity contribution < 1.29 is 23.8 Å². The van der Waals surface area contributed by atoms with E-state index in [9.17, 15) is 14.7 Å². The Labute approximate surface area is 210 Å². The van der Waals surface area contributed by atoms with Crippen LogP contribution in [-0.4, -0.2) is 23.9 Å². The number of carbonyl (C=O) groups is 2. The maximum absolute atomic E-state index is 13.8. The lowest BCUT2D eigenvalue weighted by atomic mass is 9.94. The number of nitrogens with zero attached hydrogens (tertiary/aromatic N) is 1. The molecular weight excluding hydrogens is 510 g/mol. The number of anilines is 1. The van der Waals surface area contributed by atoms with Crippen LogP contribution in [0.4, 0.5) is 5.69 Å². The number of aliphatic hydroxyl groups excluding tert-OH is 1. The van der Waals surface area contributed by atoms with Gasteiger partial charge in [-0.1, -0.05) is 34.1 Å². The van der Waals surface area contributed by atoms with Crippen molar-refractivity contribution in [2.45, 2.75) is 19.9 Å². The minimum absolute atomic E-state index is 0.0420. The first-order chi connectivity index (χ1) is 16.8. The molecule has 1 atom stereocenters. The number of aryl methyl sites for hydroxylation is 2. The lowest BCUT2D eigenvalue weighted by molar-refractivity contribution is -0.117. The molecule has 0 saturated carbocycles. The van der Waals surface area contributed by atoms with Crippen LogP contribution in [0.1, 0.15) is 33.3 Å². The number of Topliss-reactive ketones (excluding diaryl/α,β-unsaturated/α-hetero) is 1. The Kier molecular flexibility index (Phi) is 5.73. The van der Waals surface area contributed by atoms with Crippen molar-refractivity contribution in [2.24, 2.45) is 0 Å². The number of fused-ring (bicyclic) bond motifs is 1. The van der Waals surface area contributed by atoms with Crippen LogP contribution in [0.15, 0.2) is 87.0 Å². The van der Waals surface area contributed by atoms with E-state index in [-0.39, 0.29) is 11.3 Å². The minimum atomic E-state index is -0.868. The fourth-order valence-corrected chi connectivity index (χ4v) is 4.74. The van der Waals surface area contributed by atoms with Crippen LogP contribution in [0.3, 0.4) is 0 Å². The molecule has 1 amide bonds. The molecule has 6 nitrogen and oxygen atoms in total. The topological polar surface area (TPSA) is 80.0 Å². The molecule has 2 heterocycles. The van der Waals surface area contributed by atoms with Gasteiger partial charge in [0.05, 0.1) is 18.7 Å². The summed E-state index contributed by atoms with van der Waals surface area (Å²) < 4.78 is 12.0. The fourth-order valence-electron chi connectivity index (χ4n) is 4.36. The van der Waals surface area contributed by atoms with Crippen molar-refractivity contribution >= 4 is 44.3 Å². The SMILES string of the molecule is COc1cccc(C2C(C(=O)c3cc4cc(Br)ccc4o3)=C(O)C(=O)N2c2ccc(C)c(C)c2)c1. The maximum atomic E-state index is 13.8. The molecular formula is C28H22BrNO5. The largest absolute Gasteiger partial charge is 0.503 e. The minimum Gasteiger partial charge on any atom is -0.503 e. The molecule has 176 valence electrons. The second-order valence-electron chi connectivity index (χ2n) is 8.51. The highest BCUT2D eigenvalue weighted by atomic mass is 79.9. The summed E-state index contributed by atoms with van der Waals surface area (Å²) in [5, 5.41) is 11.7. The van der Waals surface area contributed by atoms with Crippen LogP contribution in [0, 0.1) is 13.8 Å². The number of methoxy groups -OCH3 is 1. The number of rotatable bonds is 5. The van der Waals surface area contributed by atoms with E-state index in [1.54, 1.807) is 43.5 Å². The molecule has 35 heavy (non-hydrogen) atoms. The van der Waals surface area contributed by atoms with Gasteiger partial charge in [0.1, 0.15) is 11.3 Å². The van der Waals surface area contributed by atoms with Gasteiger partial charge >= 0.3 is 0 Å². The molecule has 0 spiro atoms. The van der Waals surface area contributed by atoms with Gasteiger partial charge in [0.15, 0.2) is 11.5 Å². The first kappa shape index (κ1) is 22.9. The Morgan fingerprint density at radius 2 is 1.83 bits per heavy atom. The van der Waals surface area contributed by atoms with Crippen molar-refractivity contribution in [2.75, 3.05) is 12.0 Å². The van der Waals surface area contributed by atoms with Crippen LogP contribution in [0.5, 0.6) is 5.75 Å². The molecule has 0 aliphatic carbocycles. The molecule has 5 rings (SSSR count). The number of hydrogen-bond donors (Lipinski definition) is 1. The van der Waals surface area contributed by atoms with E-state index in [4.69, 9.17) is 9.15 Å². The summed E-state index contributed by atoms with van der Waals surface area (Å²) in [5.74, 6) is -1.18. The van der Waals surface area contributed by atoms with E-state index in [0.717, 1.165) is 21.0 Å². The normalized spacial score (nSPS) is 15.8. The second-order valence-corrected chi connectivity index (χ2v) is 9.42. The maximum Gasteiger partial charge on any atom is 0.294 e. The molecule has 0 bridgehead atoms. The summed E-state index contributed by atoms with van der Waals surface area (Å²) >= 11 is 3.42. The van der Waals surface area contributed by atoms with Gasteiger partial charge < -0.3 is 14.3 Å². The van der Waals surface area contributed by atoms with Gasteiger partial charge in [0.2, 0.25) is 5.78 Å². The monoisotopic (exact) mass is 531 g/mol. The van der Waals surface area contributed by atoms with Crippen LogP contribution in [-0.2, 0) is 4.79 Å². The van der Waals surface area contributed by atoms with Crippen molar-refractivity contribution in [3.05, 3.63) is 105 Å². The third-order valence-electron chi connectivity index (χ3n) is 6.33. The zero-order chi connectivity index (χ0) is 24.9. The van der Waals surface area contributed by atoms with Crippen LogP contribution in [0.25, 0.3) is 11.0 Å². The Bertz CT molecular complexity index is 1530. The van der Waals surface area contributed by atoms with Gasteiger partial charge in [0.25, 0.3) is 5.91 Å². The lowest BCUT2D eigenvalue weighted by Gasteiger charge is -2.27. The standard InChI is InChI=1S/C28H22BrNO5/c1-15-7-9-20(11-16(15)2)30-25(17-5-4-6-21(13-17)34-3)24(27(32)28(30)33)26(31)23-14-18-12-19(29)8-10-22(18)35-23/h4-14,25,32H,1-3H3. The Hall–Kier alpha value is -3.84. The molecule has 4 aromatic rings. The summed E-state index contributed by atoms with van der Waals surface area (Å²) in [6, 6.07) is 18.9. The van der Waals surface area contributed by atoms with Gasteiger partial charge in [-0.25, -0.2) is 0 Å². The van der Waals surface area contributed by atoms with Crippen molar-refractivity contribution in [3.8, 4) is 5.75 Å². The average Bonchev–Trinajstić information content (AvgIpc) is 3.39. The zero-order valence-electron chi connectivity index (χ0n) is 19.3. The summed E-state index contributed by atoms with van der Waals surface area (Å²) in [6.07, 6.45) is 0. The number of halogens is 1. The summed E-state index contributed by atoms with van der Waals surface area (Å²) in [6.45, 7) is 3.93. The van der Waals surface area contributed by atoms with E-state index < -0.39 is 23.5 Å². The number of carbonyl (C=O) groups excluding carboxylic acids is 2. The van der Waals surface area contributed by atoms with E-state index >= 15 is 0 Å². The number of hydrogen-bond acceptors (Lipinski definition) is 5. The van der Waals surface area contributed by atoms with Gasteiger partial charge in [-0.2, -0.15) is 0 Å². The van der Waals surface area contributed by atoms with Gasteiger partial charge in [-0.3, -0.25) is 14.5 Å². The number of furan rings is 1. The number of aliphatic hydroxyl groups is 1. The molecule has 1 N–H and O–H groups in total. The Morgan fingerprint density at radius 3 is 2.57 bits per heavy atom. The molecule has 1 aliphatic heterocycles. The fraction of sp³-hybridized carbons (Fsp3) is 0.143. The molecule has 0 saturated heterocycles. The molecule has 3 aromatic carbocycles. The van der Waals surface area contributed by atoms with E-state index in [0.29, 0.717) is 22.6 Å². The van der Waals surface area contributed by atoms with E-state index in [1.165, 1.54) is 4.90 Å². The summed E-state index contributed by atoms with van der Waals surface area (Å²) in [5.41, 5.74) is 3.75. The van der Waals surface area contributed by atoms with Gasteiger partial charge in [-0.05, 0) is 79.1 Å². The van der Waals surface area contributed by atoms with Crippen LogP contribution in [0.2, 0.25) is 0 Å². The number of amides is 1. The quantitative estimate of drug-likeness (QED) is 0.293. The van der Waals surface area contributed by atoms with Gasteiger partial charge in [-0.15, -0.1) is 0 Å². The van der Waals surface area contributed by atoms with Crippen LogP contribution < -0.4 is 9.64 Å². The third kappa shape index (κ3) is 3.91. The summed E-state index contributed by atoms with van der Waals surface area (Å²) in [7, 11) is 1.55. The van der Waals surface area contributed by atoms with Crippen molar-refractivity contribution in [3.63, 3.8) is 0 Å². The van der Waals surface area contributed by atoms with Crippen molar-refractivity contribution in [1.82, 2.24) is 0 Å². The molecule has 1 unspecified atom stereocenters. The Balaban J connectivity index is 1.68. The smallest absolute Gasteiger partial charge is 0.294 e. The molecule has 0 fully saturated rings.